The molecular weight excluding hydrogens is 454 g/mol. The normalized spacial score (nSPS) is 11.6. The first kappa shape index (κ1) is 22.5. The summed E-state index contributed by atoms with van der Waals surface area (Å²) in [5.74, 6) is -0.602. The maximum atomic E-state index is 12.6. The lowest BCUT2D eigenvalue weighted by molar-refractivity contribution is -0.111. The van der Waals surface area contributed by atoms with Crippen LogP contribution in [0.1, 0.15) is 27.7 Å². The number of anilines is 1. The van der Waals surface area contributed by atoms with Crippen molar-refractivity contribution in [2.75, 3.05) is 5.32 Å². The standard InChI is InChI=1S/C26H20ClN3O2S/c1-17(29-30-26(32)25-24(27)21-12-5-6-13-22(21)33-25)19-10-7-11-20(16-19)28-23(31)15-14-18-8-3-2-4-9-18/h2-16H,1H3,(H,28,31)(H,30,32). The van der Waals surface area contributed by atoms with Gasteiger partial charge in [-0.15, -0.1) is 11.3 Å². The second kappa shape index (κ2) is 10.3. The van der Waals surface area contributed by atoms with Crippen molar-refractivity contribution < 1.29 is 9.59 Å². The Labute approximate surface area is 200 Å². The number of hydrogen-bond acceptors (Lipinski definition) is 4. The number of hydrogen-bond donors (Lipinski definition) is 2. The molecule has 0 bridgehead atoms. The predicted molar refractivity (Wildman–Crippen MR) is 137 cm³/mol. The Morgan fingerprint density at radius 2 is 1.73 bits per heavy atom. The van der Waals surface area contributed by atoms with Crippen LogP contribution in [0, 0.1) is 0 Å². The molecule has 0 unspecified atom stereocenters. The van der Waals surface area contributed by atoms with Crippen molar-refractivity contribution >= 4 is 62.3 Å². The van der Waals surface area contributed by atoms with Gasteiger partial charge in [0, 0.05) is 21.8 Å². The van der Waals surface area contributed by atoms with Gasteiger partial charge in [-0.3, -0.25) is 9.59 Å². The molecule has 0 fully saturated rings. The van der Waals surface area contributed by atoms with Gasteiger partial charge in [0.25, 0.3) is 5.91 Å². The van der Waals surface area contributed by atoms with E-state index < -0.39 is 0 Å². The molecule has 5 nitrogen and oxygen atoms in total. The molecule has 0 aliphatic rings. The molecule has 1 aromatic heterocycles. The quantitative estimate of drug-likeness (QED) is 0.194. The predicted octanol–water partition coefficient (Wildman–Crippen LogP) is 6.36. The smallest absolute Gasteiger partial charge is 0.283 e. The molecule has 4 rings (SSSR count). The Morgan fingerprint density at radius 3 is 2.52 bits per heavy atom. The Kier molecular flexibility index (Phi) is 6.98. The maximum Gasteiger partial charge on any atom is 0.283 e. The molecule has 2 N–H and O–H groups in total. The number of nitrogens with one attached hydrogen (secondary N) is 2. The van der Waals surface area contributed by atoms with Crippen LogP contribution in [0.4, 0.5) is 5.69 Å². The lowest BCUT2D eigenvalue weighted by Crippen LogP contribution is -2.18. The first-order valence-corrected chi connectivity index (χ1v) is 11.4. The molecule has 0 aliphatic carbocycles. The number of thiophene rings is 1. The third-order valence-corrected chi connectivity index (χ3v) is 6.52. The first-order valence-electron chi connectivity index (χ1n) is 10.2. The van der Waals surface area contributed by atoms with E-state index in [0.717, 1.165) is 21.2 Å². The molecule has 1 heterocycles. The molecule has 7 heteroatoms. The molecule has 0 saturated carbocycles. The van der Waals surface area contributed by atoms with Gasteiger partial charge < -0.3 is 5.32 Å². The van der Waals surface area contributed by atoms with Gasteiger partial charge in [0.15, 0.2) is 0 Å². The zero-order valence-corrected chi connectivity index (χ0v) is 19.3. The first-order chi connectivity index (χ1) is 16.0. The number of benzene rings is 3. The minimum absolute atomic E-state index is 0.238. The van der Waals surface area contributed by atoms with Crippen molar-refractivity contribution in [3.8, 4) is 0 Å². The van der Waals surface area contributed by atoms with E-state index in [4.69, 9.17) is 11.6 Å². The van der Waals surface area contributed by atoms with Crippen LogP contribution >= 0.6 is 22.9 Å². The minimum atomic E-state index is -0.365. The van der Waals surface area contributed by atoms with Gasteiger partial charge in [-0.2, -0.15) is 5.10 Å². The van der Waals surface area contributed by atoms with Crippen molar-refractivity contribution in [2.45, 2.75) is 6.92 Å². The molecule has 164 valence electrons. The lowest BCUT2D eigenvalue weighted by Gasteiger charge is -2.06. The third-order valence-electron chi connectivity index (χ3n) is 4.84. The number of carbonyl (C=O) groups is 2. The summed E-state index contributed by atoms with van der Waals surface area (Å²) in [4.78, 5) is 25.3. The highest BCUT2D eigenvalue weighted by atomic mass is 35.5. The Balaban J connectivity index is 1.42. The van der Waals surface area contributed by atoms with E-state index >= 15 is 0 Å². The van der Waals surface area contributed by atoms with Crippen molar-refractivity contribution in [2.24, 2.45) is 5.10 Å². The summed E-state index contributed by atoms with van der Waals surface area (Å²) in [5.41, 5.74) is 5.51. The van der Waals surface area contributed by atoms with Crippen LogP contribution in [0.2, 0.25) is 5.02 Å². The van der Waals surface area contributed by atoms with E-state index in [1.165, 1.54) is 17.4 Å². The van der Waals surface area contributed by atoms with Crippen LogP contribution < -0.4 is 10.7 Å². The van der Waals surface area contributed by atoms with Crippen LogP contribution in [0.3, 0.4) is 0 Å². The minimum Gasteiger partial charge on any atom is -0.322 e. The fourth-order valence-electron chi connectivity index (χ4n) is 3.15. The van der Waals surface area contributed by atoms with Crippen LogP contribution in [0.25, 0.3) is 16.2 Å². The monoisotopic (exact) mass is 473 g/mol. The average Bonchev–Trinajstić information content (AvgIpc) is 3.18. The summed E-state index contributed by atoms with van der Waals surface area (Å²) in [5, 5.41) is 8.33. The molecule has 33 heavy (non-hydrogen) atoms. The average molecular weight is 474 g/mol. The van der Waals surface area contributed by atoms with Gasteiger partial charge in [-0.1, -0.05) is 72.3 Å². The number of fused-ring (bicyclic) bond motifs is 1. The van der Waals surface area contributed by atoms with Crippen LogP contribution in [-0.2, 0) is 4.79 Å². The number of carbonyl (C=O) groups excluding carboxylic acids is 2. The van der Waals surface area contributed by atoms with Gasteiger partial charge in [0.1, 0.15) is 4.88 Å². The van der Waals surface area contributed by atoms with Crippen molar-refractivity contribution in [1.29, 1.82) is 0 Å². The highest BCUT2D eigenvalue weighted by Gasteiger charge is 2.16. The van der Waals surface area contributed by atoms with Crippen molar-refractivity contribution in [3.63, 3.8) is 0 Å². The molecule has 0 spiro atoms. The third kappa shape index (κ3) is 5.55. The summed E-state index contributed by atoms with van der Waals surface area (Å²) in [6.45, 7) is 1.78. The molecule has 0 aliphatic heterocycles. The molecule has 2 amide bonds. The van der Waals surface area contributed by atoms with Crippen molar-refractivity contribution in [3.05, 3.63) is 106 Å². The fraction of sp³-hybridized carbons (Fsp3) is 0.0385. The summed E-state index contributed by atoms with van der Waals surface area (Å²) in [7, 11) is 0. The molecule has 3 aromatic carbocycles. The van der Waals surface area contributed by atoms with Crippen LogP contribution in [-0.4, -0.2) is 17.5 Å². The van der Waals surface area contributed by atoms with Gasteiger partial charge >= 0.3 is 0 Å². The Bertz CT molecular complexity index is 1380. The molecule has 4 aromatic rings. The number of nitrogens with zero attached hydrogens (tertiary/aromatic N) is 1. The van der Waals surface area contributed by atoms with Crippen LogP contribution in [0.15, 0.2) is 90.0 Å². The largest absolute Gasteiger partial charge is 0.322 e. The Hall–Kier alpha value is -3.74. The highest BCUT2D eigenvalue weighted by Crippen LogP contribution is 2.34. The highest BCUT2D eigenvalue weighted by molar-refractivity contribution is 7.21. The summed E-state index contributed by atoms with van der Waals surface area (Å²) < 4.78 is 0.943. The van der Waals surface area contributed by atoms with Crippen LogP contribution in [0.5, 0.6) is 0 Å². The Morgan fingerprint density at radius 1 is 0.970 bits per heavy atom. The summed E-state index contributed by atoms with van der Waals surface area (Å²) in [6.07, 6.45) is 3.23. The second-order valence-corrected chi connectivity index (χ2v) is 8.62. The van der Waals surface area contributed by atoms with E-state index in [9.17, 15) is 9.59 Å². The van der Waals surface area contributed by atoms with E-state index in [2.05, 4.69) is 15.8 Å². The van der Waals surface area contributed by atoms with E-state index in [0.29, 0.717) is 21.3 Å². The van der Waals surface area contributed by atoms with E-state index in [-0.39, 0.29) is 11.8 Å². The van der Waals surface area contributed by atoms with E-state index in [1.807, 2.05) is 66.7 Å². The molecule has 0 atom stereocenters. The topological polar surface area (TPSA) is 70.6 Å². The number of amides is 2. The molecular formula is C26H20ClN3O2S. The van der Waals surface area contributed by atoms with Gasteiger partial charge in [-0.25, -0.2) is 5.43 Å². The number of hydrazone groups is 1. The zero-order chi connectivity index (χ0) is 23.2. The zero-order valence-electron chi connectivity index (χ0n) is 17.7. The molecule has 0 radical (unpaired) electrons. The van der Waals surface area contributed by atoms with Gasteiger partial charge in [0.05, 0.1) is 10.7 Å². The fourth-order valence-corrected chi connectivity index (χ4v) is 4.56. The SMILES string of the molecule is CC(=NNC(=O)c1sc2ccccc2c1Cl)c1cccc(NC(=O)C=Cc2ccccc2)c1. The number of halogens is 1. The maximum absolute atomic E-state index is 12.6. The summed E-state index contributed by atoms with van der Waals surface area (Å²) >= 11 is 7.70. The summed E-state index contributed by atoms with van der Waals surface area (Å²) in [6, 6.07) is 24.4. The molecule has 0 saturated heterocycles. The van der Waals surface area contributed by atoms with Gasteiger partial charge in [-0.05, 0) is 42.3 Å². The second-order valence-electron chi connectivity index (χ2n) is 7.19. The van der Waals surface area contributed by atoms with Crippen molar-refractivity contribution in [1.82, 2.24) is 5.43 Å². The van der Waals surface area contributed by atoms with Gasteiger partial charge in [0.2, 0.25) is 5.91 Å². The number of rotatable bonds is 6. The van der Waals surface area contributed by atoms with E-state index in [1.54, 1.807) is 25.1 Å². The lowest BCUT2D eigenvalue weighted by atomic mass is 10.1.